The number of benzene rings is 1. The summed E-state index contributed by atoms with van der Waals surface area (Å²) in [5.41, 5.74) is 0.859. The molecule has 0 bridgehead atoms. The summed E-state index contributed by atoms with van der Waals surface area (Å²) in [6, 6.07) is 5.92. The highest BCUT2D eigenvalue weighted by Crippen LogP contribution is 2.27. The van der Waals surface area contributed by atoms with E-state index < -0.39 is 0 Å². The van der Waals surface area contributed by atoms with E-state index in [0.29, 0.717) is 0 Å². The second-order valence-electron chi connectivity index (χ2n) is 3.50. The highest BCUT2D eigenvalue weighted by molar-refractivity contribution is 5.82. The quantitative estimate of drug-likeness (QED) is 0.692. The van der Waals surface area contributed by atoms with Crippen molar-refractivity contribution in [2.24, 2.45) is 0 Å². The average molecular weight is 209 g/mol. The zero-order valence-electron chi connectivity index (χ0n) is 8.44. The summed E-state index contributed by atoms with van der Waals surface area (Å²) in [6.45, 7) is 0.811. The fourth-order valence-electron chi connectivity index (χ4n) is 1.71. The number of rotatable bonds is 2. The number of hydrogen-bond donors (Lipinski definition) is 0. The van der Waals surface area contributed by atoms with Crippen LogP contribution < -0.4 is 4.90 Å². The third-order valence-corrected chi connectivity index (χ3v) is 2.65. The lowest BCUT2D eigenvalue weighted by Crippen LogP contribution is -2.53. The Balaban J connectivity index is 2.12. The maximum atomic E-state index is 12.7. The summed E-state index contributed by atoms with van der Waals surface area (Å²) >= 11 is 0. The van der Waals surface area contributed by atoms with Gasteiger partial charge in [-0.3, -0.25) is 0 Å². The van der Waals surface area contributed by atoms with Gasteiger partial charge in [-0.25, -0.2) is 9.18 Å². The zero-order valence-corrected chi connectivity index (χ0v) is 8.44. The van der Waals surface area contributed by atoms with Crippen LogP contribution in [0.4, 0.5) is 10.1 Å². The number of hydrogen-bond acceptors (Lipinski definition) is 3. The van der Waals surface area contributed by atoms with Crippen molar-refractivity contribution in [3.63, 3.8) is 0 Å². The Morgan fingerprint density at radius 3 is 2.60 bits per heavy atom. The molecular weight excluding hydrogens is 197 g/mol. The van der Waals surface area contributed by atoms with Crippen molar-refractivity contribution in [3.8, 4) is 0 Å². The zero-order chi connectivity index (χ0) is 10.8. The summed E-state index contributed by atoms with van der Waals surface area (Å²) in [5.74, 6) is -0.500. The minimum Gasteiger partial charge on any atom is -0.467 e. The molecule has 0 saturated carbocycles. The number of nitrogens with zero attached hydrogens (tertiary/aromatic N) is 1. The largest absolute Gasteiger partial charge is 0.467 e. The number of halogens is 1. The first-order chi connectivity index (χ1) is 7.22. The maximum Gasteiger partial charge on any atom is 0.328 e. The smallest absolute Gasteiger partial charge is 0.328 e. The summed E-state index contributed by atoms with van der Waals surface area (Å²) in [6.07, 6.45) is 0.796. The van der Waals surface area contributed by atoms with Crippen molar-refractivity contribution >= 4 is 11.7 Å². The topological polar surface area (TPSA) is 29.5 Å². The number of esters is 1. The Labute approximate surface area is 87.5 Å². The molecule has 1 aromatic rings. The van der Waals surface area contributed by atoms with E-state index in [9.17, 15) is 9.18 Å². The van der Waals surface area contributed by atoms with E-state index >= 15 is 0 Å². The van der Waals surface area contributed by atoms with Gasteiger partial charge in [-0.05, 0) is 30.7 Å². The molecule has 1 saturated heterocycles. The minimum atomic E-state index is -0.270. The van der Waals surface area contributed by atoms with E-state index in [0.717, 1.165) is 18.7 Å². The van der Waals surface area contributed by atoms with Gasteiger partial charge in [-0.15, -0.1) is 0 Å². The van der Waals surface area contributed by atoms with Gasteiger partial charge in [0.25, 0.3) is 0 Å². The highest BCUT2D eigenvalue weighted by Gasteiger charge is 2.34. The molecule has 1 unspecified atom stereocenters. The Kier molecular flexibility index (Phi) is 2.58. The van der Waals surface area contributed by atoms with Crippen LogP contribution in [0.15, 0.2) is 24.3 Å². The molecule has 3 nitrogen and oxygen atoms in total. The van der Waals surface area contributed by atoms with E-state index in [1.807, 2.05) is 4.90 Å². The number of carbonyl (C=O) groups excluding carboxylic acids is 1. The summed E-state index contributed by atoms with van der Waals surface area (Å²) in [7, 11) is 1.38. The standard InChI is InChI=1S/C11H12FNO2/c1-15-11(14)10-6-7-13(10)9-4-2-8(12)3-5-9/h2-5,10H,6-7H2,1H3. The second kappa shape index (κ2) is 3.88. The predicted octanol–water partition coefficient (Wildman–Crippen LogP) is 1.58. The van der Waals surface area contributed by atoms with Gasteiger partial charge < -0.3 is 9.64 Å². The maximum absolute atomic E-state index is 12.7. The Bertz CT molecular complexity index is 363. The van der Waals surface area contributed by atoms with Crippen LogP contribution in [0.25, 0.3) is 0 Å². The normalized spacial score (nSPS) is 19.6. The number of methoxy groups -OCH3 is 1. The second-order valence-corrected chi connectivity index (χ2v) is 3.50. The molecule has 0 spiro atoms. The average Bonchev–Trinajstić information content (AvgIpc) is 2.19. The lowest BCUT2D eigenvalue weighted by molar-refractivity contribution is -0.143. The van der Waals surface area contributed by atoms with Crippen molar-refractivity contribution in [2.75, 3.05) is 18.6 Å². The third kappa shape index (κ3) is 1.79. The Hall–Kier alpha value is -1.58. The van der Waals surface area contributed by atoms with Crippen LogP contribution in [0, 0.1) is 5.82 Å². The van der Waals surface area contributed by atoms with Crippen molar-refractivity contribution in [1.29, 1.82) is 0 Å². The third-order valence-electron chi connectivity index (χ3n) is 2.65. The molecule has 80 valence electrons. The lowest BCUT2D eigenvalue weighted by Gasteiger charge is -2.40. The number of anilines is 1. The first-order valence-electron chi connectivity index (χ1n) is 4.82. The molecule has 0 aromatic heterocycles. The van der Waals surface area contributed by atoms with Crippen molar-refractivity contribution < 1.29 is 13.9 Å². The Morgan fingerprint density at radius 2 is 2.13 bits per heavy atom. The number of carbonyl (C=O) groups is 1. The van der Waals surface area contributed by atoms with Crippen LogP contribution in [0.1, 0.15) is 6.42 Å². The molecule has 0 amide bonds. The van der Waals surface area contributed by atoms with Gasteiger partial charge in [-0.1, -0.05) is 0 Å². The predicted molar refractivity (Wildman–Crippen MR) is 54.2 cm³/mol. The van der Waals surface area contributed by atoms with E-state index in [4.69, 9.17) is 0 Å². The van der Waals surface area contributed by atoms with Gasteiger partial charge >= 0.3 is 5.97 Å². The summed E-state index contributed by atoms with van der Waals surface area (Å²) < 4.78 is 17.4. The van der Waals surface area contributed by atoms with Gasteiger partial charge in [0.2, 0.25) is 0 Å². The van der Waals surface area contributed by atoms with Gasteiger partial charge in [0.05, 0.1) is 7.11 Å². The molecule has 15 heavy (non-hydrogen) atoms. The van der Waals surface area contributed by atoms with E-state index in [-0.39, 0.29) is 17.8 Å². The van der Waals surface area contributed by atoms with Crippen LogP contribution in [-0.2, 0) is 9.53 Å². The van der Waals surface area contributed by atoms with Gasteiger partial charge in [-0.2, -0.15) is 0 Å². The van der Waals surface area contributed by atoms with Crippen LogP contribution >= 0.6 is 0 Å². The van der Waals surface area contributed by atoms with Crippen LogP contribution in [-0.4, -0.2) is 25.7 Å². The molecule has 1 atom stereocenters. The van der Waals surface area contributed by atoms with Crippen LogP contribution in [0.2, 0.25) is 0 Å². The number of ether oxygens (including phenoxy) is 1. The van der Waals surface area contributed by atoms with E-state index in [1.54, 1.807) is 12.1 Å². The summed E-state index contributed by atoms with van der Waals surface area (Å²) in [5, 5.41) is 0. The van der Waals surface area contributed by atoms with Crippen LogP contribution in [0.5, 0.6) is 0 Å². The minimum absolute atomic E-state index is 0.208. The molecule has 4 heteroatoms. The Morgan fingerprint density at radius 1 is 1.47 bits per heavy atom. The molecule has 0 aliphatic carbocycles. The monoisotopic (exact) mass is 209 g/mol. The van der Waals surface area contributed by atoms with Crippen LogP contribution in [0.3, 0.4) is 0 Å². The molecule has 1 fully saturated rings. The first-order valence-corrected chi connectivity index (χ1v) is 4.82. The highest BCUT2D eigenvalue weighted by atomic mass is 19.1. The fourth-order valence-corrected chi connectivity index (χ4v) is 1.71. The van der Waals surface area contributed by atoms with Gasteiger partial charge in [0.15, 0.2) is 0 Å². The molecule has 1 heterocycles. The summed E-state index contributed by atoms with van der Waals surface area (Å²) in [4.78, 5) is 13.2. The fraction of sp³-hybridized carbons (Fsp3) is 0.364. The molecular formula is C11H12FNO2. The first kappa shape index (κ1) is 9.96. The van der Waals surface area contributed by atoms with E-state index in [1.165, 1.54) is 19.2 Å². The molecule has 0 radical (unpaired) electrons. The molecule has 2 rings (SSSR count). The molecule has 1 aliphatic heterocycles. The lowest BCUT2D eigenvalue weighted by atomic mass is 10.0. The van der Waals surface area contributed by atoms with Crippen molar-refractivity contribution in [2.45, 2.75) is 12.5 Å². The van der Waals surface area contributed by atoms with Crippen molar-refractivity contribution in [3.05, 3.63) is 30.1 Å². The molecule has 1 aliphatic rings. The molecule has 0 N–H and O–H groups in total. The van der Waals surface area contributed by atoms with Crippen molar-refractivity contribution in [1.82, 2.24) is 0 Å². The van der Waals surface area contributed by atoms with Gasteiger partial charge in [0, 0.05) is 12.2 Å². The van der Waals surface area contributed by atoms with E-state index in [2.05, 4.69) is 4.74 Å². The van der Waals surface area contributed by atoms with Gasteiger partial charge in [0.1, 0.15) is 11.9 Å². The molecule has 1 aromatic carbocycles. The SMILES string of the molecule is COC(=O)C1CCN1c1ccc(F)cc1.